The second-order valence-corrected chi connectivity index (χ2v) is 8.09. The summed E-state index contributed by atoms with van der Waals surface area (Å²) >= 11 is 1.49. The van der Waals surface area contributed by atoms with E-state index in [9.17, 15) is 9.18 Å². The van der Waals surface area contributed by atoms with E-state index < -0.39 is 0 Å². The Hall–Kier alpha value is -2.29. The number of hydrogen-bond donors (Lipinski definition) is 1. The molecule has 1 aliphatic heterocycles. The summed E-state index contributed by atoms with van der Waals surface area (Å²) in [5, 5.41) is 6.38. The van der Waals surface area contributed by atoms with Crippen molar-refractivity contribution < 1.29 is 9.18 Å². The molecule has 29 heavy (non-hydrogen) atoms. The summed E-state index contributed by atoms with van der Waals surface area (Å²) in [6, 6.07) is 9.91. The molecular formula is C20H23ClFN5OS. The van der Waals surface area contributed by atoms with E-state index in [4.69, 9.17) is 5.73 Å². The summed E-state index contributed by atoms with van der Waals surface area (Å²) in [6.45, 7) is 3.24. The molecule has 0 aliphatic carbocycles. The predicted molar refractivity (Wildman–Crippen MR) is 114 cm³/mol. The summed E-state index contributed by atoms with van der Waals surface area (Å²) in [4.78, 5) is 20.3. The van der Waals surface area contributed by atoms with Crippen LogP contribution in [0.25, 0.3) is 16.4 Å². The van der Waals surface area contributed by atoms with Crippen LogP contribution < -0.4 is 5.73 Å². The molecule has 9 heteroatoms. The van der Waals surface area contributed by atoms with Gasteiger partial charge in [0.05, 0.1) is 10.6 Å². The number of carbonyl (C=O) groups excluding carboxylic acids is 1. The van der Waals surface area contributed by atoms with Gasteiger partial charge in [-0.1, -0.05) is 19.1 Å². The molecule has 0 spiro atoms. The van der Waals surface area contributed by atoms with Crippen LogP contribution in [0.3, 0.4) is 0 Å². The van der Waals surface area contributed by atoms with E-state index in [0.29, 0.717) is 30.5 Å². The Kier molecular flexibility index (Phi) is 6.66. The Morgan fingerprint density at radius 3 is 2.86 bits per heavy atom. The Morgan fingerprint density at radius 2 is 2.17 bits per heavy atom. The van der Waals surface area contributed by atoms with E-state index in [1.807, 2.05) is 17.5 Å². The normalized spacial score (nSPS) is 19.1. The zero-order valence-electron chi connectivity index (χ0n) is 16.0. The molecule has 1 aromatic carbocycles. The quantitative estimate of drug-likeness (QED) is 0.676. The number of nitrogens with zero attached hydrogens (tertiary/aromatic N) is 4. The van der Waals surface area contributed by atoms with E-state index in [1.165, 1.54) is 28.2 Å². The molecule has 0 bridgehead atoms. The summed E-state index contributed by atoms with van der Waals surface area (Å²) < 4.78 is 15.3. The maximum absolute atomic E-state index is 13.8. The van der Waals surface area contributed by atoms with Crippen LogP contribution in [0.1, 0.15) is 30.4 Å². The van der Waals surface area contributed by atoms with Crippen molar-refractivity contribution in [3.05, 3.63) is 53.4 Å². The van der Waals surface area contributed by atoms with Crippen LogP contribution >= 0.6 is 23.7 Å². The molecular weight excluding hydrogens is 413 g/mol. The predicted octanol–water partition coefficient (Wildman–Crippen LogP) is 3.76. The van der Waals surface area contributed by atoms with E-state index in [-0.39, 0.29) is 36.0 Å². The minimum Gasteiger partial charge on any atom is -0.332 e. The Morgan fingerprint density at radius 1 is 1.34 bits per heavy atom. The highest BCUT2D eigenvalue weighted by molar-refractivity contribution is 7.13. The lowest BCUT2D eigenvalue weighted by atomic mass is 9.92. The summed E-state index contributed by atoms with van der Waals surface area (Å²) in [5.74, 6) is 0.581. The number of likely N-dealkylation sites (tertiary alicyclic amines) is 1. The van der Waals surface area contributed by atoms with Gasteiger partial charge in [0, 0.05) is 19.1 Å². The fourth-order valence-corrected chi connectivity index (χ4v) is 4.33. The number of benzene rings is 1. The average Bonchev–Trinajstić information content (AvgIpc) is 3.37. The molecule has 0 saturated carbocycles. The van der Waals surface area contributed by atoms with Crippen LogP contribution in [0.5, 0.6) is 0 Å². The zero-order chi connectivity index (χ0) is 19.7. The lowest BCUT2D eigenvalue weighted by molar-refractivity contribution is 0.0561. The van der Waals surface area contributed by atoms with E-state index >= 15 is 0 Å². The number of aromatic nitrogens is 3. The van der Waals surface area contributed by atoms with E-state index in [2.05, 4.69) is 17.0 Å². The molecule has 2 atom stereocenters. The smallest absolute Gasteiger partial charge is 0.293 e. The molecule has 3 heterocycles. The van der Waals surface area contributed by atoms with Crippen molar-refractivity contribution in [1.29, 1.82) is 0 Å². The summed E-state index contributed by atoms with van der Waals surface area (Å²) in [7, 11) is 0. The highest BCUT2D eigenvalue weighted by Crippen LogP contribution is 2.28. The van der Waals surface area contributed by atoms with Crippen LogP contribution in [0.2, 0.25) is 0 Å². The van der Waals surface area contributed by atoms with E-state index in [1.54, 1.807) is 17.0 Å². The van der Waals surface area contributed by atoms with Crippen molar-refractivity contribution in [3.63, 3.8) is 0 Å². The minimum atomic E-state index is -0.369. The van der Waals surface area contributed by atoms with Crippen molar-refractivity contribution in [1.82, 2.24) is 19.7 Å². The number of thiophene rings is 1. The number of nitrogens with two attached hydrogens (primary N) is 1. The number of amides is 1. The fourth-order valence-electron chi connectivity index (χ4n) is 3.63. The highest BCUT2D eigenvalue weighted by Gasteiger charge is 2.32. The molecule has 1 saturated heterocycles. The van der Waals surface area contributed by atoms with Gasteiger partial charge >= 0.3 is 0 Å². The fraction of sp³-hybridized carbons (Fsp3) is 0.350. The van der Waals surface area contributed by atoms with Gasteiger partial charge < -0.3 is 10.6 Å². The molecule has 2 N–H and O–H groups in total. The number of carbonyl (C=O) groups is 1. The first kappa shape index (κ1) is 21.4. The Labute approximate surface area is 179 Å². The zero-order valence-corrected chi connectivity index (χ0v) is 17.6. The van der Waals surface area contributed by atoms with Crippen molar-refractivity contribution in [2.45, 2.75) is 25.8 Å². The van der Waals surface area contributed by atoms with Gasteiger partial charge in [0.25, 0.3) is 5.91 Å². The van der Waals surface area contributed by atoms with Crippen molar-refractivity contribution in [2.75, 3.05) is 13.1 Å². The van der Waals surface area contributed by atoms with Crippen LogP contribution in [-0.4, -0.2) is 44.7 Å². The highest BCUT2D eigenvalue weighted by atomic mass is 35.5. The maximum atomic E-state index is 13.8. The second-order valence-electron chi connectivity index (χ2n) is 7.15. The number of halogens is 2. The monoisotopic (exact) mass is 435 g/mol. The van der Waals surface area contributed by atoms with Gasteiger partial charge in [-0.3, -0.25) is 4.79 Å². The van der Waals surface area contributed by atoms with Gasteiger partial charge in [-0.25, -0.2) is 14.1 Å². The maximum Gasteiger partial charge on any atom is 0.293 e. The third kappa shape index (κ3) is 4.34. The van der Waals surface area contributed by atoms with Gasteiger partial charge in [0.1, 0.15) is 5.82 Å². The number of piperidine rings is 1. The van der Waals surface area contributed by atoms with Crippen LogP contribution in [0, 0.1) is 11.7 Å². The van der Waals surface area contributed by atoms with Crippen LogP contribution in [0.4, 0.5) is 4.39 Å². The van der Waals surface area contributed by atoms with Crippen molar-refractivity contribution in [2.24, 2.45) is 11.7 Å². The Balaban J connectivity index is 0.00000240. The summed E-state index contributed by atoms with van der Waals surface area (Å²) in [6.07, 6.45) is 1.81. The largest absolute Gasteiger partial charge is 0.332 e. The lowest BCUT2D eigenvalue weighted by Gasteiger charge is -2.37. The summed E-state index contributed by atoms with van der Waals surface area (Å²) in [5.41, 5.74) is 6.44. The molecule has 6 nitrogen and oxygen atoms in total. The molecule has 0 radical (unpaired) electrons. The minimum absolute atomic E-state index is 0. The average molecular weight is 436 g/mol. The number of hydrogen-bond acceptors (Lipinski definition) is 5. The first-order valence-electron chi connectivity index (χ1n) is 9.34. The lowest BCUT2D eigenvalue weighted by Crippen LogP contribution is -2.49. The second kappa shape index (κ2) is 9.02. The van der Waals surface area contributed by atoms with Gasteiger partial charge in [-0.05, 0) is 48.4 Å². The van der Waals surface area contributed by atoms with E-state index in [0.717, 1.165) is 17.7 Å². The van der Waals surface area contributed by atoms with Gasteiger partial charge in [0.2, 0.25) is 5.82 Å². The van der Waals surface area contributed by atoms with Crippen LogP contribution in [0.15, 0.2) is 41.8 Å². The third-order valence-corrected chi connectivity index (χ3v) is 5.97. The molecule has 1 fully saturated rings. The third-order valence-electron chi connectivity index (χ3n) is 5.10. The molecule has 2 unspecified atom stereocenters. The van der Waals surface area contributed by atoms with Gasteiger partial charge in [0.15, 0.2) is 5.82 Å². The Bertz CT molecular complexity index is 977. The van der Waals surface area contributed by atoms with Gasteiger partial charge in [-0.15, -0.1) is 28.8 Å². The molecule has 1 aliphatic rings. The standard InChI is InChI=1S/C20H22FN5OS.ClH/c1-13-7-8-25(16(10-13)12-22)20(27)18-23-19(17-6-3-9-28-17)26(24-18)15-5-2-4-14(21)11-15;/h2-6,9,11,13,16H,7-8,10,12,22H2,1H3;1H. The van der Waals surface area contributed by atoms with Gasteiger partial charge in [-0.2, -0.15) is 0 Å². The molecule has 2 aromatic heterocycles. The molecule has 4 rings (SSSR count). The number of rotatable bonds is 4. The first-order valence-corrected chi connectivity index (χ1v) is 10.2. The van der Waals surface area contributed by atoms with Crippen molar-refractivity contribution >= 4 is 29.7 Å². The van der Waals surface area contributed by atoms with Crippen LogP contribution in [-0.2, 0) is 0 Å². The molecule has 154 valence electrons. The topological polar surface area (TPSA) is 77.0 Å². The first-order chi connectivity index (χ1) is 13.6. The molecule has 1 amide bonds. The van der Waals surface area contributed by atoms with Crippen molar-refractivity contribution in [3.8, 4) is 16.4 Å². The SMILES string of the molecule is CC1CCN(C(=O)c2nc(-c3cccs3)n(-c3cccc(F)c3)n2)C(CN)C1.Cl. The molecule has 3 aromatic rings.